The number of aliphatic hydroxyl groups is 1. The Kier molecular flexibility index (Phi) is 4.10. The molecule has 0 aliphatic carbocycles. The minimum Gasteiger partial charge on any atom is -0.511 e. The van der Waals surface area contributed by atoms with Gasteiger partial charge < -0.3 is 14.6 Å². The summed E-state index contributed by atoms with van der Waals surface area (Å²) in [5, 5.41) is 9.71. The fourth-order valence-electron chi connectivity index (χ4n) is 2.27. The van der Waals surface area contributed by atoms with Crippen LogP contribution in [0.3, 0.4) is 0 Å². The van der Waals surface area contributed by atoms with Gasteiger partial charge in [-0.05, 0) is 23.3 Å². The molecule has 0 unspecified atom stereocenters. The largest absolute Gasteiger partial charge is 0.511 e. The molecule has 0 bridgehead atoms. The van der Waals surface area contributed by atoms with Crippen molar-refractivity contribution in [1.82, 2.24) is 0 Å². The van der Waals surface area contributed by atoms with Gasteiger partial charge in [-0.25, -0.2) is 4.79 Å². The molecule has 22 heavy (non-hydrogen) atoms. The Morgan fingerprint density at radius 3 is 2.36 bits per heavy atom. The van der Waals surface area contributed by atoms with E-state index in [-0.39, 0.29) is 24.5 Å². The van der Waals surface area contributed by atoms with E-state index in [9.17, 15) is 9.90 Å². The molecule has 1 heterocycles. The Hall–Kier alpha value is -2.75. The van der Waals surface area contributed by atoms with E-state index in [1.807, 2.05) is 54.6 Å². The first kappa shape index (κ1) is 14.2. The predicted octanol–water partition coefficient (Wildman–Crippen LogP) is 3.49. The lowest BCUT2D eigenvalue weighted by Gasteiger charge is -2.16. The highest BCUT2D eigenvalue weighted by atomic mass is 16.5. The summed E-state index contributed by atoms with van der Waals surface area (Å²) in [6.07, 6.45) is 0.345. The summed E-state index contributed by atoms with van der Waals surface area (Å²) >= 11 is 0. The van der Waals surface area contributed by atoms with Crippen molar-refractivity contribution in [1.29, 1.82) is 0 Å². The molecule has 0 radical (unpaired) electrons. The van der Waals surface area contributed by atoms with Gasteiger partial charge in [-0.3, -0.25) is 0 Å². The van der Waals surface area contributed by atoms with Crippen molar-refractivity contribution < 1.29 is 19.4 Å². The number of esters is 1. The fourth-order valence-corrected chi connectivity index (χ4v) is 2.27. The van der Waals surface area contributed by atoms with Crippen molar-refractivity contribution in [3.8, 4) is 16.9 Å². The standard InChI is InChI=1S/C18H16O4/c19-17-10-11-21-18(20)16(17)12-22-15-8-6-14(7-9-15)13-4-2-1-3-5-13/h1-9,19H,10-12H2. The molecule has 1 N–H and O–H groups in total. The fraction of sp³-hybridized carbons (Fsp3) is 0.167. The third kappa shape index (κ3) is 3.11. The van der Waals surface area contributed by atoms with E-state index in [0.717, 1.165) is 11.1 Å². The average Bonchev–Trinajstić information content (AvgIpc) is 2.56. The molecule has 0 saturated heterocycles. The third-order valence-corrected chi connectivity index (χ3v) is 3.51. The molecule has 3 rings (SSSR count). The lowest BCUT2D eigenvalue weighted by atomic mass is 10.1. The van der Waals surface area contributed by atoms with Gasteiger partial charge in [-0.15, -0.1) is 0 Å². The molecule has 4 nitrogen and oxygen atoms in total. The second-order valence-corrected chi connectivity index (χ2v) is 4.99. The van der Waals surface area contributed by atoms with Crippen molar-refractivity contribution in [2.75, 3.05) is 13.2 Å². The molecule has 1 aliphatic heterocycles. The monoisotopic (exact) mass is 296 g/mol. The molecule has 0 aromatic heterocycles. The highest BCUT2D eigenvalue weighted by Crippen LogP contribution is 2.23. The summed E-state index contributed by atoms with van der Waals surface area (Å²) in [7, 11) is 0. The molecule has 2 aromatic carbocycles. The molecule has 0 fully saturated rings. The Labute approximate surface area is 128 Å². The first-order valence-electron chi connectivity index (χ1n) is 7.10. The smallest absolute Gasteiger partial charge is 0.340 e. The van der Waals surface area contributed by atoms with Crippen LogP contribution in [0.1, 0.15) is 6.42 Å². The lowest BCUT2D eigenvalue weighted by Crippen LogP contribution is -2.22. The highest BCUT2D eigenvalue weighted by molar-refractivity contribution is 5.90. The molecule has 0 amide bonds. The van der Waals surface area contributed by atoms with Crippen LogP contribution in [0.25, 0.3) is 11.1 Å². The van der Waals surface area contributed by atoms with E-state index in [1.165, 1.54) is 0 Å². The van der Waals surface area contributed by atoms with Crippen LogP contribution in [0.5, 0.6) is 5.75 Å². The summed E-state index contributed by atoms with van der Waals surface area (Å²) in [6.45, 7) is 0.231. The number of cyclic esters (lactones) is 1. The molecule has 2 aromatic rings. The van der Waals surface area contributed by atoms with Gasteiger partial charge in [0.15, 0.2) is 0 Å². The Bertz CT molecular complexity index is 687. The molecule has 1 aliphatic rings. The van der Waals surface area contributed by atoms with Crippen molar-refractivity contribution >= 4 is 5.97 Å². The van der Waals surface area contributed by atoms with Crippen LogP contribution >= 0.6 is 0 Å². The minimum atomic E-state index is -0.510. The molecular weight excluding hydrogens is 280 g/mol. The van der Waals surface area contributed by atoms with Crippen LogP contribution in [0.15, 0.2) is 65.9 Å². The number of carbonyl (C=O) groups excluding carboxylic acids is 1. The van der Waals surface area contributed by atoms with E-state index in [2.05, 4.69) is 0 Å². The molecule has 0 saturated carbocycles. The van der Waals surface area contributed by atoms with Crippen LogP contribution in [-0.4, -0.2) is 24.3 Å². The maximum atomic E-state index is 11.5. The zero-order valence-corrected chi connectivity index (χ0v) is 12.0. The van der Waals surface area contributed by atoms with Crippen LogP contribution in [0.4, 0.5) is 0 Å². The van der Waals surface area contributed by atoms with Crippen LogP contribution in [-0.2, 0) is 9.53 Å². The number of hydrogen-bond acceptors (Lipinski definition) is 4. The number of hydrogen-bond donors (Lipinski definition) is 1. The zero-order valence-electron chi connectivity index (χ0n) is 12.0. The van der Waals surface area contributed by atoms with Gasteiger partial charge in [0.25, 0.3) is 0 Å². The van der Waals surface area contributed by atoms with Crippen molar-refractivity contribution in [2.24, 2.45) is 0 Å². The summed E-state index contributed by atoms with van der Waals surface area (Å²) in [4.78, 5) is 11.5. The second-order valence-electron chi connectivity index (χ2n) is 4.99. The molecule has 4 heteroatoms. The Morgan fingerprint density at radius 2 is 1.68 bits per heavy atom. The van der Waals surface area contributed by atoms with Gasteiger partial charge in [-0.1, -0.05) is 42.5 Å². The minimum absolute atomic E-state index is 0.00928. The third-order valence-electron chi connectivity index (χ3n) is 3.51. The Balaban J connectivity index is 1.68. The quantitative estimate of drug-likeness (QED) is 0.877. The number of benzene rings is 2. The van der Waals surface area contributed by atoms with E-state index in [4.69, 9.17) is 9.47 Å². The van der Waals surface area contributed by atoms with Crippen molar-refractivity contribution in [3.63, 3.8) is 0 Å². The first-order valence-corrected chi connectivity index (χ1v) is 7.10. The van der Waals surface area contributed by atoms with Gasteiger partial charge in [-0.2, -0.15) is 0 Å². The molecule has 112 valence electrons. The van der Waals surface area contributed by atoms with Gasteiger partial charge in [0.1, 0.15) is 23.7 Å². The maximum Gasteiger partial charge on any atom is 0.340 e. The van der Waals surface area contributed by atoms with Gasteiger partial charge in [0.05, 0.1) is 6.61 Å². The van der Waals surface area contributed by atoms with E-state index >= 15 is 0 Å². The first-order chi connectivity index (χ1) is 10.7. The van der Waals surface area contributed by atoms with Gasteiger partial charge in [0.2, 0.25) is 0 Å². The highest BCUT2D eigenvalue weighted by Gasteiger charge is 2.22. The maximum absolute atomic E-state index is 11.5. The zero-order chi connectivity index (χ0) is 15.4. The SMILES string of the molecule is O=C1OCCC(O)=C1COc1ccc(-c2ccccc2)cc1. The number of carbonyl (C=O) groups is 1. The molecule has 0 spiro atoms. The summed E-state index contributed by atoms with van der Waals surface area (Å²) in [6, 6.07) is 17.6. The molecular formula is C18H16O4. The van der Waals surface area contributed by atoms with Crippen LogP contribution in [0.2, 0.25) is 0 Å². The summed E-state index contributed by atoms with van der Waals surface area (Å²) < 4.78 is 10.4. The predicted molar refractivity (Wildman–Crippen MR) is 82.6 cm³/mol. The lowest BCUT2D eigenvalue weighted by molar-refractivity contribution is -0.141. The second kappa shape index (κ2) is 6.35. The Morgan fingerprint density at radius 1 is 1.00 bits per heavy atom. The van der Waals surface area contributed by atoms with E-state index in [0.29, 0.717) is 12.2 Å². The van der Waals surface area contributed by atoms with Crippen LogP contribution < -0.4 is 4.74 Å². The average molecular weight is 296 g/mol. The van der Waals surface area contributed by atoms with Crippen molar-refractivity contribution in [2.45, 2.75) is 6.42 Å². The van der Waals surface area contributed by atoms with E-state index in [1.54, 1.807) is 0 Å². The number of ether oxygens (including phenoxy) is 2. The van der Waals surface area contributed by atoms with Gasteiger partial charge >= 0.3 is 5.97 Å². The molecule has 0 atom stereocenters. The van der Waals surface area contributed by atoms with E-state index < -0.39 is 5.97 Å². The van der Waals surface area contributed by atoms with Crippen LogP contribution in [0, 0.1) is 0 Å². The summed E-state index contributed by atoms with van der Waals surface area (Å²) in [5.41, 5.74) is 2.41. The number of rotatable bonds is 4. The topological polar surface area (TPSA) is 55.8 Å². The normalized spacial score (nSPS) is 14.6. The van der Waals surface area contributed by atoms with Gasteiger partial charge in [0, 0.05) is 6.42 Å². The summed E-state index contributed by atoms with van der Waals surface area (Å²) in [5.74, 6) is 0.181. The van der Waals surface area contributed by atoms with Crippen molar-refractivity contribution in [3.05, 3.63) is 65.9 Å². The number of aliphatic hydroxyl groups excluding tert-OH is 1.